The molecule has 0 aliphatic heterocycles. The maximum atomic E-state index is 12.4. The van der Waals surface area contributed by atoms with Crippen molar-refractivity contribution in [1.29, 1.82) is 0 Å². The number of carbonyl (C=O) groups is 2. The molecule has 0 saturated carbocycles. The maximum absolute atomic E-state index is 12.4. The molecule has 0 atom stereocenters. The van der Waals surface area contributed by atoms with Crippen molar-refractivity contribution in [2.75, 3.05) is 5.32 Å². The summed E-state index contributed by atoms with van der Waals surface area (Å²) < 4.78 is 0. The zero-order valence-electron chi connectivity index (χ0n) is 13.9. The fourth-order valence-corrected chi connectivity index (χ4v) is 2.61. The Bertz CT molecular complexity index is 856. The molecule has 0 radical (unpaired) electrons. The molecule has 130 valence electrons. The molecule has 0 aliphatic rings. The number of hydrogen-bond donors (Lipinski definition) is 3. The van der Waals surface area contributed by atoms with Crippen LogP contribution in [0.25, 0.3) is 0 Å². The largest absolute Gasteiger partial charge is 0.506 e. The molecule has 26 heavy (non-hydrogen) atoms. The minimum Gasteiger partial charge on any atom is -0.506 e. The Morgan fingerprint density at radius 2 is 1.19 bits per heavy atom. The zero-order chi connectivity index (χ0) is 18.4. The average Bonchev–Trinajstić information content (AvgIpc) is 2.69. The maximum Gasteiger partial charge on any atom is 0.313 e. The van der Waals surface area contributed by atoms with Crippen LogP contribution in [0.4, 0.5) is 5.69 Å². The van der Waals surface area contributed by atoms with Gasteiger partial charge in [-0.3, -0.25) is 9.59 Å². The van der Waals surface area contributed by atoms with E-state index in [1.165, 1.54) is 12.1 Å². The number of nitrogens with one attached hydrogen (secondary N) is 2. The van der Waals surface area contributed by atoms with Crippen LogP contribution in [0, 0.1) is 0 Å². The third-order valence-corrected chi connectivity index (χ3v) is 3.90. The van der Waals surface area contributed by atoms with Crippen LogP contribution in [0.15, 0.2) is 84.9 Å². The van der Waals surface area contributed by atoms with E-state index in [0.29, 0.717) is 0 Å². The molecule has 0 aromatic heterocycles. The van der Waals surface area contributed by atoms with Gasteiger partial charge in [-0.15, -0.1) is 0 Å². The Morgan fingerprint density at radius 1 is 0.692 bits per heavy atom. The highest BCUT2D eigenvalue weighted by Crippen LogP contribution is 2.23. The third-order valence-electron chi connectivity index (χ3n) is 3.90. The van der Waals surface area contributed by atoms with E-state index in [9.17, 15) is 14.7 Å². The van der Waals surface area contributed by atoms with Crippen LogP contribution in [0.3, 0.4) is 0 Å². The van der Waals surface area contributed by atoms with Gasteiger partial charge in [0.1, 0.15) is 5.75 Å². The van der Waals surface area contributed by atoms with Gasteiger partial charge in [0, 0.05) is 0 Å². The van der Waals surface area contributed by atoms with Crippen molar-refractivity contribution in [3.63, 3.8) is 0 Å². The molecule has 0 spiro atoms. The summed E-state index contributed by atoms with van der Waals surface area (Å²) >= 11 is 0. The minimum atomic E-state index is -0.844. The van der Waals surface area contributed by atoms with Gasteiger partial charge in [-0.2, -0.15) is 0 Å². The number of hydrogen-bond acceptors (Lipinski definition) is 3. The van der Waals surface area contributed by atoms with Gasteiger partial charge in [0.05, 0.1) is 11.7 Å². The lowest BCUT2D eigenvalue weighted by Gasteiger charge is -2.19. The van der Waals surface area contributed by atoms with E-state index in [1.54, 1.807) is 12.1 Å². The first kappa shape index (κ1) is 17.2. The van der Waals surface area contributed by atoms with Crippen molar-refractivity contribution in [1.82, 2.24) is 5.32 Å². The Balaban J connectivity index is 1.79. The predicted molar refractivity (Wildman–Crippen MR) is 99.6 cm³/mol. The molecule has 3 N–H and O–H groups in total. The van der Waals surface area contributed by atoms with Gasteiger partial charge in [-0.1, -0.05) is 72.8 Å². The van der Waals surface area contributed by atoms with Gasteiger partial charge in [-0.05, 0) is 23.3 Å². The molecule has 3 aromatic rings. The Hall–Kier alpha value is -3.60. The predicted octanol–water partition coefficient (Wildman–Crippen LogP) is 3.24. The molecule has 0 fully saturated rings. The van der Waals surface area contributed by atoms with E-state index in [-0.39, 0.29) is 11.4 Å². The van der Waals surface area contributed by atoms with Crippen molar-refractivity contribution in [3.05, 3.63) is 96.1 Å². The van der Waals surface area contributed by atoms with Gasteiger partial charge in [0.2, 0.25) is 0 Å². The Labute approximate surface area is 151 Å². The van der Waals surface area contributed by atoms with Crippen molar-refractivity contribution >= 4 is 17.5 Å². The molecule has 5 nitrogen and oxygen atoms in total. The average molecular weight is 346 g/mol. The van der Waals surface area contributed by atoms with E-state index in [2.05, 4.69) is 10.6 Å². The molecule has 2 amide bonds. The van der Waals surface area contributed by atoms with Crippen LogP contribution in [0.5, 0.6) is 5.75 Å². The summed E-state index contributed by atoms with van der Waals surface area (Å²) in [6, 6.07) is 24.6. The highest BCUT2D eigenvalue weighted by Gasteiger charge is 2.21. The van der Waals surface area contributed by atoms with E-state index >= 15 is 0 Å². The number of phenolic OH excluding ortho intramolecular Hbond substituents is 1. The standard InChI is InChI=1S/C21H18N2O3/c24-18-14-8-7-13-17(18)22-20(25)21(26)23-19(15-9-3-1-4-10-15)16-11-5-2-6-12-16/h1-14,19,24H,(H,22,25)(H,23,26). The number of amides is 2. The molecule has 0 bridgehead atoms. The highest BCUT2D eigenvalue weighted by atomic mass is 16.3. The molecule has 0 unspecified atom stereocenters. The molecular weight excluding hydrogens is 328 g/mol. The van der Waals surface area contributed by atoms with Crippen LogP contribution in [-0.2, 0) is 9.59 Å². The second-order valence-corrected chi connectivity index (χ2v) is 5.70. The smallest absolute Gasteiger partial charge is 0.313 e. The van der Waals surface area contributed by atoms with Crippen molar-refractivity contribution < 1.29 is 14.7 Å². The number of rotatable bonds is 4. The lowest BCUT2D eigenvalue weighted by Crippen LogP contribution is -2.38. The number of anilines is 1. The Morgan fingerprint density at radius 3 is 1.73 bits per heavy atom. The number of phenols is 1. The van der Waals surface area contributed by atoms with E-state index < -0.39 is 17.9 Å². The summed E-state index contributed by atoms with van der Waals surface area (Å²) in [7, 11) is 0. The first-order valence-electron chi connectivity index (χ1n) is 8.15. The van der Waals surface area contributed by atoms with Crippen molar-refractivity contribution in [3.8, 4) is 5.75 Å². The van der Waals surface area contributed by atoms with Crippen LogP contribution < -0.4 is 10.6 Å². The number of benzene rings is 3. The quantitative estimate of drug-likeness (QED) is 0.501. The van der Waals surface area contributed by atoms with E-state index in [0.717, 1.165) is 11.1 Å². The molecule has 0 heterocycles. The molecular formula is C21H18N2O3. The molecule has 0 saturated heterocycles. The fraction of sp³-hybridized carbons (Fsp3) is 0.0476. The topological polar surface area (TPSA) is 78.4 Å². The summed E-state index contributed by atoms with van der Waals surface area (Å²) in [5.74, 6) is -1.73. The van der Waals surface area contributed by atoms with Crippen molar-refractivity contribution in [2.45, 2.75) is 6.04 Å². The first-order valence-corrected chi connectivity index (χ1v) is 8.15. The van der Waals surface area contributed by atoms with Crippen LogP contribution in [-0.4, -0.2) is 16.9 Å². The third kappa shape index (κ3) is 4.08. The monoisotopic (exact) mass is 346 g/mol. The number of para-hydroxylation sites is 2. The summed E-state index contributed by atoms with van der Waals surface area (Å²) in [5.41, 5.74) is 1.91. The van der Waals surface area contributed by atoms with Gasteiger partial charge in [0.25, 0.3) is 0 Å². The second kappa shape index (κ2) is 7.98. The lowest BCUT2D eigenvalue weighted by atomic mass is 9.99. The van der Waals surface area contributed by atoms with Gasteiger partial charge in [0.15, 0.2) is 0 Å². The minimum absolute atomic E-state index is 0.101. The number of carbonyl (C=O) groups excluding carboxylic acids is 2. The Kier molecular flexibility index (Phi) is 5.29. The van der Waals surface area contributed by atoms with Crippen LogP contribution in [0.1, 0.15) is 17.2 Å². The SMILES string of the molecule is O=C(Nc1ccccc1O)C(=O)NC(c1ccccc1)c1ccccc1. The van der Waals surface area contributed by atoms with Crippen LogP contribution in [0.2, 0.25) is 0 Å². The van der Waals surface area contributed by atoms with Gasteiger partial charge >= 0.3 is 11.8 Å². The molecule has 0 aliphatic carbocycles. The zero-order valence-corrected chi connectivity index (χ0v) is 13.9. The van der Waals surface area contributed by atoms with Crippen molar-refractivity contribution in [2.24, 2.45) is 0 Å². The molecule has 3 aromatic carbocycles. The summed E-state index contributed by atoms with van der Waals surface area (Å²) in [6.07, 6.45) is 0. The highest BCUT2D eigenvalue weighted by molar-refractivity contribution is 6.39. The summed E-state index contributed by atoms with van der Waals surface area (Å²) in [5, 5.41) is 14.9. The second-order valence-electron chi connectivity index (χ2n) is 5.70. The lowest BCUT2D eigenvalue weighted by molar-refractivity contribution is -0.136. The van der Waals surface area contributed by atoms with E-state index in [4.69, 9.17) is 0 Å². The summed E-state index contributed by atoms with van der Waals surface area (Å²) in [4.78, 5) is 24.6. The molecule has 3 rings (SSSR count). The number of aromatic hydroxyl groups is 1. The fourth-order valence-electron chi connectivity index (χ4n) is 2.61. The van der Waals surface area contributed by atoms with Gasteiger partial charge < -0.3 is 15.7 Å². The van der Waals surface area contributed by atoms with Gasteiger partial charge in [-0.25, -0.2) is 0 Å². The molecule has 5 heteroatoms. The normalized spacial score (nSPS) is 10.3. The summed E-state index contributed by atoms with van der Waals surface area (Å²) in [6.45, 7) is 0. The van der Waals surface area contributed by atoms with Crippen LogP contribution >= 0.6 is 0 Å². The van der Waals surface area contributed by atoms with E-state index in [1.807, 2.05) is 60.7 Å². The first-order chi connectivity index (χ1) is 12.6.